The van der Waals surface area contributed by atoms with E-state index in [0.717, 1.165) is 5.01 Å². The van der Waals surface area contributed by atoms with Crippen molar-refractivity contribution in [1.82, 2.24) is 10.3 Å². The van der Waals surface area contributed by atoms with Gasteiger partial charge in [0, 0.05) is 17.2 Å². The van der Waals surface area contributed by atoms with E-state index in [1.807, 2.05) is 0 Å². The Balaban J connectivity index is 1.84. The molecule has 0 spiro atoms. The van der Waals surface area contributed by atoms with Crippen LogP contribution in [0.4, 0.5) is 10.5 Å². The fourth-order valence-corrected chi connectivity index (χ4v) is 2.31. The van der Waals surface area contributed by atoms with Crippen molar-refractivity contribution in [1.29, 1.82) is 0 Å². The molecule has 3 amide bonds. The Hall–Kier alpha value is -3.49. The van der Waals surface area contributed by atoms with Crippen LogP contribution in [0.25, 0.3) is 11.3 Å². The summed E-state index contributed by atoms with van der Waals surface area (Å²) < 4.78 is 5.59. The van der Waals surface area contributed by atoms with Crippen LogP contribution in [0.2, 0.25) is 0 Å². The third kappa shape index (κ3) is 2.86. The highest BCUT2D eigenvalue weighted by atomic mass is 16.6. The largest absolute Gasteiger partial charge is 0.455 e. The van der Waals surface area contributed by atoms with Crippen molar-refractivity contribution >= 4 is 23.8 Å². The molecule has 0 unspecified atom stereocenters. The fourth-order valence-electron chi connectivity index (χ4n) is 2.31. The monoisotopic (exact) mass is 328 g/mol. The molecule has 3 rings (SSSR count). The molecule has 0 saturated carbocycles. The molecule has 0 bridgehead atoms. The molecule has 1 aliphatic heterocycles. The number of furan rings is 1. The summed E-state index contributed by atoms with van der Waals surface area (Å²) in [4.78, 5) is 33.0. The van der Waals surface area contributed by atoms with E-state index in [9.17, 15) is 19.7 Å². The van der Waals surface area contributed by atoms with E-state index in [1.54, 1.807) is 31.2 Å². The van der Waals surface area contributed by atoms with Crippen LogP contribution in [0.3, 0.4) is 0 Å². The van der Waals surface area contributed by atoms with Gasteiger partial charge >= 0.3 is 6.03 Å². The summed E-state index contributed by atoms with van der Waals surface area (Å²) in [5.74, 6) is 0.368. The predicted molar refractivity (Wildman–Crippen MR) is 83.4 cm³/mol. The normalized spacial score (nSPS) is 14.5. The predicted octanol–water partition coefficient (Wildman–Crippen LogP) is 2.05. The number of amides is 3. The molecule has 2 heterocycles. The molecule has 9 heteroatoms. The lowest BCUT2D eigenvalue weighted by Crippen LogP contribution is -2.24. The second kappa shape index (κ2) is 5.95. The number of nitro benzene ring substituents is 1. The minimum Gasteiger partial charge on any atom is -0.455 e. The summed E-state index contributed by atoms with van der Waals surface area (Å²) in [6.45, 7) is 1.50. The Kier molecular flexibility index (Phi) is 3.82. The van der Waals surface area contributed by atoms with E-state index in [4.69, 9.17) is 4.42 Å². The molecule has 24 heavy (non-hydrogen) atoms. The zero-order valence-corrected chi connectivity index (χ0v) is 12.6. The number of carbonyl (C=O) groups is 2. The van der Waals surface area contributed by atoms with Gasteiger partial charge in [-0.05, 0) is 19.1 Å². The highest BCUT2D eigenvalue weighted by molar-refractivity contribution is 6.02. The molecule has 1 fully saturated rings. The van der Waals surface area contributed by atoms with E-state index in [0.29, 0.717) is 22.6 Å². The average molecular weight is 328 g/mol. The molecule has 1 N–H and O–H groups in total. The first-order valence-corrected chi connectivity index (χ1v) is 6.95. The van der Waals surface area contributed by atoms with Crippen molar-refractivity contribution < 1.29 is 18.9 Å². The van der Waals surface area contributed by atoms with Gasteiger partial charge in [-0.15, -0.1) is 0 Å². The average Bonchev–Trinajstić information content (AvgIpc) is 3.11. The van der Waals surface area contributed by atoms with Crippen molar-refractivity contribution in [2.75, 3.05) is 6.54 Å². The summed E-state index contributed by atoms with van der Waals surface area (Å²) in [6.07, 6.45) is 1.30. The van der Waals surface area contributed by atoms with Crippen molar-refractivity contribution in [3.05, 3.63) is 51.8 Å². The number of carbonyl (C=O) groups excluding carboxylic acids is 2. The molecule has 1 aromatic carbocycles. The van der Waals surface area contributed by atoms with E-state index in [2.05, 4.69) is 10.4 Å². The van der Waals surface area contributed by atoms with E-state index >= 15 is 0 Å². The Morgan fingerprint density at radius 1 is 1.33 bits per heavy atom. The minimum atomic E-state index is -0.599. The quantitative estimate of drug-likeness (QED) is 0.399. The maximum Gasteiger partial charge on any atom is 0.344 e. The van der Waals surface area contributed by atoms with E-state index < -0.39 is 16.9 Å². The van der Waals surface area contributed by atoms with Crippen molar-refractivity contribution in [2.24, 2.45) is 5.10 Å². The van der Waals surface area contributed by atoms with Gasteiger partial charge in [0.05, 0.1) is 11.1 Å². The SMILES string of the molecule is Cc1c(-c2ccc(C=NN3CC(=O)NC3=O)o2)cccc1[N+](=O)[O-]. The number of hydrogen-bond acceptors (Lipinski definition) is 6. The van der Waals surface area contributed by atoms with Gasteiger partial charge in [-0.1, -0.05) is 12.1 Å². The number of nitro groups is 1. The van der Waals surface area contributed by atoms with Crippen LogP contribution in [-0.2, 0) is 4.79 Å². The van der Waals surface area contributed by atoms with Gasteiger partial charge in [0.1, 0.15) is 18.1 Å². The third-order valence-electron chi connectivity index (χ3n) is 3.49. The highest BCUT2D eigenvalue weighted by Gasteiger charge is 2.26. The number of imide groups is 1. The third-order valence-corrected chi connectivity index (χ3v) is 3.49. The first-order chi connectivity index (χ1) is 11.5. The maximum atomic E-state index is 11.4. The number of nitrogens with zero attached hydrogens (tertiary/aromatic N) is 3. The van der Waals surface area contributed by atoms with Crippen LogP contribution in [-0.4, -0.2) is 34.6 Å². The van der Waals surface area contributed by atoms with Gasteiger partial charge in [-0.2, -0.15) is 5.10 Å². The summed E-state index contributed by atoms with van der Waals surface area (Å²) in [7, 11) is 0. The topological polar surface area (TPSA) is 118 Å². The summed E-state index contributed by atoms with van der Waals surface area (Å²) >= 11 is 0. The van der Waals surface area contributed by atoms with Crippen LogP contribution >= 0.6 is 0 Å². The van der Waals surface area contributed by atoms with Crippen LogP contribution in [0.15, 0.2) is 39.9 Å². The molecular weight excluding hydrogens is 316 g/mol. The van der Waals surface area contributed by atoms with Gasteiger partial charge in [0.2, 0.25) is 5.91 Å². The van der Waals surface area contributed by atoms with Gasteiger partial charge in [0.25, 0.3) is 5.69 Å². The molecule has 1 aliphatic rings. The molecule has 1 saturated heterocycles. The number of rotatable bonds is 4. The molecule has 2 aromatic rings. The summed E-state index contributed by atoms with van der Waals surface area (Å²) in [5, 5.41) is 17.9. The summed E-state index contributed by atoms with van der Waals surface area (Å²) in [6, 6.07) is 7.39. The number of hydrogen-bond donors (Lipinski definition) is 1. The number of nitrogens with one attached hydrogen (secondary N) is 1. The lowest BCUT2D eigenvalue weighted by atomic mass is 10.1. The van der Waals surface area contributed by atoms with Gasteiger partial charge in [0.15, 0.2) is 0 Å². The minimum absolute atomic E-state index is 0.00590. The zero-order chi connectivity index (χ0) is 17.3. The number of hydrazone groups is 1. The van der Waals surface area contributed by atoms with Gasteiger partial charge in [-0.3, -0.25) is 20.2 Å². The Labute approximate surface area is 135 Å². The molecule has 9 nitrogen and oxygen atoms in total. The van der Waals surface area contributed by atoms with Crippen LogP contribution < -0.4 is 5.32 Å². The van der Waals surface area contributed by atoms with Crippen molar-refractivity contribution in [3.8, 4) is 11.3 Å². The van der Waals surface area contributed by atoms with Gasteiger partial charge in [-0.25, -0.2) is 9.80 Å². The molecule has 0 aliphatic carbocycles. The first-order valence-electron chi connectivity index (χ1n) is 6.95. The number of benzene rings is 1. The molecule has 0 radical (unpaired) electrons. The smallest absolute Gasteiger partial charge is 0.344 e. The van der Waals surface area contributed by atoms with Crippen molar-refractivity contribution in [3.63, 3.8) is 0 Å². The van der Waals surface area contributed by atoms with Crippen LogP contribution in [0, 0.1) is 17.0 Å². The lowest BCUT2D eigenvalue weighted by molar-refractivity contribution is -0.385. The molecule has 0 atom stereocenters. The van der Waals surface area contributed by atoms with Gasteiger partial charge < -0.3 is 4.42 Å². The molecule has 1 aromatic heterocycles. The second-order valence-electron chi connectivity index (χ2n) is 5.06. The Morgan fingerprint density at radius 3 is 2.79 bits per heavy atom. The fraction of sp³-hybridized carbons (Fsp3) is 0.133. The standard InChI is InChI=1S/C15H12N4O5/c1-9-11(3-2-4-12(9)19(22)23)13-6-5-10(24-13)7-16-18-8-14(20)17-15(18)21/h2-7H,8H2,1H3,(H,17,20,21). The highest BCUT2D eigenvalue weighted by Crippen LogP contribution is 2.30. The Bertz CT molecular complexity index is 870. The van der Waals surface area contributed by atoms with Crippen molar-refractivity contribution in [2.45, 2.75) is 6.92 Å². The number of urea groups is 1. The Morgan fingerprint density at radius 2 is 2.12 bits per heavy atom. The second-order valence-corrected chi connectivity index (χ2v) is 5.06. The van der Waals surface area contributed by atoms with Crippen LogP contribution in [0.5, 0.6) is 0 Å². The maximum absolute atomic E-state index is 11.4. The first kappa shape index (κ1) is 15.4. The van der Waals surface area contributed by atoms with E-state index in [1.165, 1.54) is 12.3 Å². The molecule has 122 valence electrons. The van der Waals surface area contributed by atoms with E-state index in [-0.39, 0.29) is 12.2 Å². The lowest BCUT2D eigenvalue weighted by Gasteiger charge is -2.04. The molecular formula is C15H12N4O5. The summed E-state index contributed by atoms with van der Waals surface area (Å²) in [5.41, 5.74) is 1.09. The van der Waals surface area contributed by atoms with Crippen LogP contribution in [0.1, 0.15) is 11.3 Å². The zero-order valence-electron chi connectivity index (χ0n) is 12.6.